The maximum atomic E-state index is 14.3. The first-order valence-corrected chi connectivity index (χ1v) is 7.65. The van der Waals surface area contributed by atoms with E-state index in [0.29, 0.717) is 11.5 Å². The Morgan fingerprint density at radius 3 is 2.62 bits per heavy atom. The quantitative estimate of drug-likeness (QED) is 0.635. The predicted molar refractivity (Wildman–Crippen MR) is 93.1 cm³/mol. The number of amidine groups is 1. The highest BCUT2D eigenvalue weighted by molar-refractivity contribution is 6.19. The summed E-state index contributed by atoms with van der Waals surface area (Å²) in [5, 5.41) is 2.94. The van der Waals surface area contributed by atoms with Crippen LogP contribution in [-0.2, 0) is 6.18 Å². The fourth-order valence-electron chi connectivity index (χ4n) is 2.57. The van der Waals surface area contributed by atoms with Crippen LogP contribution in [0.4, 0.5) is 23.2 Å². The summed E-state index contributed by atoms with van der Waals surface area (Å²) >= 11 is 0. The lowest BCUT2D eigenvalue weighted by Gasteiger charge is -2.14. The lowest BCUT2D eigenvalue weighted by molar-refractivity contribution is -0.137. The number of benzene rings is 2. The van der Waals surface area contributed by atoms with Gasteiger partial charge in [0.15, 0.2) is 0 Å². The molecule has 3 rings (SSSR count). The summed E-state index contributed by atoms with van der Waals surface area (Å²) in [4.78, 5) is 8.43. The van der Waals surface area contributed by atoms with Crippen LogP contribution in [0, 0.1) is 18.2 Å². The topological polar surface area (TPSA) is 36.8 Å². The van der Waals surface area contributed by atoms with Crippen molar-refractivity contribution in [3.05, 3.63) is 65.0 Å². The minimum Gasteiger partial charge on any atom is -0.342 e. The Labute approximate surface area is 147 Å². The minimum absolute atomic E-state index is 0.0430. The molecule has 0 unspecified atom stereocenters. The summed E-state index contributed by atoms with van der Waals surface area (Å²) in [5.41, 5.74) is -0.0918. The van der Waals surface area contributed by atoms with Crippen LogP contribution < -0.4 is 5.32 Å². The molecule has 0 aliphatic carbocycles. The van der Waals surface area contributed by atoms with Crippen molar-refractivity contribution < 1.29 is 17.6 Å². The van der Waals surface area contributed by atoms with Crippen LogP contribution in [0.2, 0.25) is 0 Å². The van der Waals surface area contributed by atoms with Crippen molar-refractivity contribution in [2.24, 2.45) is 9.98 Å². The molecule has 132 valence electrons. The zero-order valence-corrected chi connectivity index (χ0v) is 13.4. The van der Waals surface area contributed by atoms with Gasteiger partial charge >= 0.3 is 6.18 Å². The molecule has 0 spiro atoms. The number of hydrogen-bond donors (Lipinski definition) is 1. The number of nitrogens with one attached hydrogen (secondary N) is 1. The molecule has 0 amide bonds. The van der Waals surface area contributed by atoms with Crippen LogP contribution in [-0.4, -0.2) is 24.6 Å². The highest BCUT2D eigenvalue weighted by Gasteiger charge is 2.32. The van der Waals surface area contributed by atoms with Gasteiger partial charge in [0.05, 0.1) is 17.8 Å². The molecule has 0 saturated heterocycles. The number of rotatable bonds is 2. The summed E-state index contributed by atoms with van der Waals surface area (Å²) in [5.74, 6) is 2.18. The van der Waals surface area contributed by atoms with E-state index in [-0.39, 0.29) is 29.9 Å². The molecule has 2 aromatic rings. The van der Waals surface area contributed by atoms with Crippen LogP contribution in [0.15, 0.2) is 52.4 Å². The number of halogens is 4. The number of terminal acetylenes is 1. The summed E-state index contributed by atoms with van der Waals surface area (Å²) in [7, 11) is 0. The molecule has 0 saturated carbocycles. The van der Waals surface area contributed by atoms with E-state index in [9.17, 15) is 17.6 Å². The van der Waals surface area contributed by atoms with Crippen molar-refractivity contribution in [1.29, 1.82) is 0 Å². The first kappa shape index (κ1) is 17.7. The van der Waals surface area contributed by atoms with Gasteiger partial charge in [-0.05, 0) is 30.3 Å². The molecule has 26 heavy (non-hydrogen) atoms. The molecule has 1 aliphatic rings. The monoisotopic (exact) mass is 359 g/mol. The summed E-state index contributed by atoms with van der Waals surface area (Å²) in [6.45, 7) is 0.143. The third kappa shape index (κ3) is 3.59. The van der Waals surface area contributed by atoms with Crippen molar-refractivity contribution >= 4 is 17.2 Å². The van der Waals surface area contributed by atoms with Gasteiger partial charge in [-0.3, -0.25) is 9.98 Å². The molecule has 0 atom stereocenters. The van der Waals surface area contributed by atoms with Gasteiger partial charge < -0.3 is 5.32 Å². The van der Waals surface area contributed by atoms with Crippen molar-refractivity contribution in [1.82, 2.24) is 0 Å². The number of hydrogen-bond acceptors (Lipinski definition) is 2. The third-order valence-electron chi connectivity index (χ3n) is 3.76. The molecule has 0 aromatic heterocycles. The Balaban J connectivity index is 2.19. The smallest absolute Gasteiger partial charge is 0.342 e. The normalized spacial score (nSPS) is 15.5. The van der Waals surface area contributed by atoms with Gasteiger partial charge in [-0.2, -0.15) is 13.2 Å². The molecular formula is C19H13F4N3. The maximum absolute atomic E-state index is 14.3. The van der Waals surface area contributed by atoms with Crippen molar-refractivity contribution in [2.45, 2.75) is 6.18 Å². The first-order chi connectivity index (χ1) is 12.4. The number of alkyl halides is 3. The molecule has 7 heteroatoms. The average Bonchev–Trinajstić information content (AvgIpc) is 2.78. The van der Waals surface area contributed by atoms with Crippen LogP contribution in [0.3, 0.4) is 0 Å². The number of fused-ring (bicyclic) bond motifs is 1. The standard InChI is InChI=1S/C19H13F4N3/c1-2-9-24-17-11-25-18(13-5-3-4-6-15(13)20)14-10-12(19(21,22)23)7-8-16(14)26-17/h1,3-8,10H,9,11H2,(H,24,26). The van der Waals surface area contributed by atoms with Gasteiger partial charge in [0, 0.05) is 16.8 Å². The highest BCUT2D eigenvalue weighted by atomic mass is 19.4. The van der Waals surface area contributed by atoms with Crippen LogP contribution >= 0.6 is 0 Å². The second kappa shape index (κ2) is 7.00. The Kier molecular flexibility index (Phi) is 4.76. The zero-order valence-electron chi connectivity index (χ0n) is 13.4. The van der Waals surface area contributed by atoms with E-state index in [1.807, 2.05) is 0 Å². The predicted octanol–water partition coefficient (Wildman–Crippen LogP) is 4.14. The Bertz CT molecular complexity index is 937. The first-order valence-electron chi connectivity index (χ1n) is 7.65. The fourth-order valence-corrected chi connectivity index (χ4v) is 2.57. The van der Waals surface area contributed by atoms with Gasteiger partial charge in [-0.15, -0.1) is 6.42 Å². The molecule has 0 bridgehead atoms. The lowest BCUT2D eigenvalue weighted by Crippen LogP contribution is -2.15. The second-order valence-corrected chi connectivity index (χ2v) is 5.49. The zero-order chi connectivity index (χ0) is 18.7. The van der Waals surface area contributed by atoms with E-state index in [4.69, 9.17) is 6.42 Å². The van der Waals surface area contributed by atoms with Gasteiger partial charge in [0.2, 0.25) is 0 Å². The molecule has 3 nitrogen and oxygen atoms in total. The number of anilines is 1. The van der Waals surface area contributed by atoms with E-state index in [2.05, 4.69) is 21.2 Å². The van der Waals surface area contributed by atoms with Crippen molar-refractivity contribution in [3.63, 3.8) is 0 Å². The maximum Gasteiger partial charge on any atom is 0.416 e. The van der Waals surface area contributed by atoms with Gasteiger partial charge in [0.1, 0.15) is 18.2 Å². The molecule has 1 aliphatic heterocycles. The van der Waals surface area contributed by atoms with E-state index in [0.717, 1.165) is 12.1 Å². The molecule has 2 aromatic carbocycles. The van der Waals surface area contributed by atoms with E-state index >= 15 is 0 Å². The molecule has 0 fully saturated rings. The van der Waals surface area contributed by atoms with Crippen molar-refractivity contribution in [3.8, 4) is 12.3 Å². The van der Waals surface area contributed by atoms with Gasteiger partial charge in [-0.25, -0.2) is 4.39 Å². The summed E-state index contributed by atoms with van der Waals surface area (Å²) in [6, 6.07) is 9.00. The summed E-state index contributed by atoms with van der Waals surface area (Å²) < 4.78 is 53.6. The fraction of sp³-hybridized carbons (Fsp3) is 0.158. The Morgan fingerprint density at radius 2 is 1.92 bits per heavy atom. The lowest BCUT2D eigenvalue weighted by atomic mass is 9.98. The molecule has 1 heterocycles. The number of benzodiazepines with no additional fused rings is 1. The Hall–Kier alpha value is -3.14. The van der Waals surface area contributed by atoms with E-state index in [1.54, 1.807) is 6.07 Å². The van der Waals surface area contributed by atoms with Gasteiger partial charge in [-0.1, -0.05) is 18.1 Å². The number of aliphatic imine (C=N–C) groups is 2. The van der Waals surface area contributed by atoms with Crippen LogP contribution in [0.25, 0.3) is 0 Å². The highest BCUT2D eigenvalue weighted by Crippen LogP contribution is 2.33. The van der Waals surface area contributed by atoms with E-state index in [1.165, 1.54) is 24.3 Å². The molecule has 0 radical (unpaired) electrons. The largest absolute Gasteiger partial charge is 0.416 e. The van der Waals surface area contributed by atoms with Crippen molar-refractivity contribution in [2.75, 3.05) is 18.4 Å². The Morgan fingerprint density at radius 1 is 1.15 bits per heavy atom. The van der Waals surface area contributed by atoms with Crippen LogP contribution in [0.5, 0.6) is 0 Å². The van der Waals surface area contributed by atoms with Crippen LogP contribution in [0.1, 0.15) is 16.7 Å². The third-order valence-corrected chi connectivity index (χ3v) is 3.76. The molecular weight excluding hydrogens is 346 g/mol. The average molecular weight is 359 g/mol. The number of nitrogens with zero attached hydrogens (tertiary/aromatic N) is 2. The minimum atomic E-state index is -4.53. The van der Waals surface area contributed by atoms with Gasteiger partial charge in [0.25, 0.3) is 0 Å². The summed E-state index contributed by atoms with van der Waals surface area (Å²) in [6.07, 6.45) is 0.664. The second-order valence-electron chi connectivity index (χ2n) is 5.49. The SMILES string of the molecule is C#CCN=C1CN=C(c2ccccc2F)c2cc(C(F)(F)F)ccc2N1. The van der Waals surface area contributed by atoms with E-state index < -0.39 is 17.6 Å². The molecule has 1 N–H and O–H groups in total.